The fourth-order valence-electron chi connectivity index (χ4n) is 3.55. The number of hydrogen-bond donors (Lipinski definition) is 1. The van der Waals surface area contributed by atoms with Crippen LogP contribution in [-0.4, -0.2) is 10.9 Å². The fourth-order valence-corrected chi connectivity index (χ4v) is 4.46. The molecule has 0 amide bonds. The summed E-state index contributed by atoms with van der Waals surface area (Å²) in [6.07, 6.45) is 19.6. The van der Waals surface area contributed by atoms with E-state index in [1.54, 1.807) is 23.9 Å². The van der Waals surface area contributed by atoms with Crippen LogP contribution in [0.1, 0.15) is 96.8 Å². The molecule has 0 aliphatic heterocycles. The van der Waals surface area contributed by atoms with Gasteiger partial charge in [0.15, 0.2) is 5.09 Å². The molecule has 1 heterocycles. The number of hydrogen-bond acceptors (Lipinski definition) is 3. The average Bonchev–Trinajstić information content (AvgIpc) is 3.06. The number of furan rings is 1. The number of fused-ring (bicyclic) bond motifs is 1. The van der Waals surface area contributed by atoms with Gasteiger partial charge in [-0.15, -0.1) is 0 Å². The maximum Gasteiger partial charge on any atom is 0.161 e. The van der Waals surface area contributed by atoms with Crippen LogP contribution in [0.4, 0.5) is 0 Å². The molecule has 0 unspecified atom stereocenters. The lowest BCUT2D eigenvalue weighted by Gasteiger charge is -2.03. The fraction of sp³-hybridized carbons (Fsp3) is 0.667. The van der Waals surface area contributed by atoms with Crippen molar-refractivity contribution in [2.75, 3.05) is 5.75 Å². The van der Waals surface area contributed by atoms with Gasteiger partial charge in [0, 0.05) is 11.1 Å². The minimum Gasteiger partial charge on any atom is -0.508 e. The first-order chi connectivity index (χ1) is 13.3. The number of rotatable bonds is 16. The van der Waals surface area contributed by atoms with Crippen LogP contribution < -0.4 is 0 Å². The molecular weight excluding hydrogens is 352 g/mol. The second kappa shape index (κ2) is 14.0. The summed E-state index contributed by atoms with van der Waals surface area (Å²) < 4.78 is 5.79. The Balaban J connectivity index is 1.37. The van der Waals surface area contributed by atoms with Gasteiger partial charge >= 0.3 is 0 Å². The van der Waals surface area contributed by atoms with Crippen molar-refractivity contribution < 1.29 is 9.52 Å². The molecule has 0 saturated carbocycles. The van der Waals surface area contributed by atoms with Crippen molar-refractivity contribution >= 4 is 22.7 Å². The van der Waals surface area contributed by atoms with Crippen LogP contribution in [0.25, 0.3) is 11.0 Å². The minimum atomic E-state index is 0.298. The third kappa shape index (κ3) is 9.60. The highest BCUT2D eigenvalue weighted by molar-refractivity contribution is 7.99. The maximum atomic E-state index is 9.51. The second-order valence-corrected chi connectivity index (χ2v) is 8.83. The number of unbranched alkanes of at least 4 members (excludes halogenated alkanes) is 13. The molecule has 0 fully saturated rings. The van der Waals surface area contributed by atoms with Gasteiger partial charge < -0.3 is 9.52 Å². The van der Waals surface area contributed by atoms with Gasteiger partial charge in [-0.25, -0.2) is 0 Å². The Labute approximate surface area is 170 Å². The molecule has 0 atom stereocenters. The van der Waals surface area contributed by atoms with Gasteiger partial charge in [0.2, 0.25) is 0 Å². The molecule has 0 aliphatic rings. The van der Waals surface area contributed by atoms with E-state index in [1.807, 2.05) is 12.1 Å². The Morgan fingerprint density at radius 3 is 1.89 bits per heavy atom. The third-order valence-corrected chi connectivity index (χ3v) is 6.20. The lowest BCUT2D eigenvalue weighted by molar-refractivity contribution is 0.475. The Kier molecular flexibility index (Phi) is 11.5. The van der Waals surface area contributed by atoms with Crippen LogP contribution in [0.15, 0.2) is 33.8 Å². The molecule has 3 heteroatoms. The zero-order valence-electron chi connectivity index (χ0n) is 17.2. The largest absolute Gasteiger partial charge is 0.508 e. The van der Waals surface area contributed by atoms with Crippen molar-refractivity contribution in [1.29, 1.82) is 0 Å². The summed E-state index contributed by atoms with van der Waals surface area (Å²) in [6, 6.07) is 7.30. The van der Waals surface area contributed by atoms with E-state index >= 15 is 0 Å². The summed E-state index contributed by atoms with van der Waals surface area (Å²) in [7, 11) is 0. The number of thioether (sulfide) groups is 1. The summed E-state index contributed by atoms with van der Waals surface area (Å²) in [5, 5.41) is 11.5. The van der Waals surface area contributed by atoms with E-state index in [4.69, 9.17) is 4.42 Å². The first-order valence-corrected chi connectivity index (χ1v) is 12.1. The van der Waals surface area contributed by atoms with E-state index in [0.29, 0.717) is 5.75 Å². The molecule has 2 aromatic rings. The van der Waals surface area contributed by atoms with E-state index in [9.17, 15) is 5.11 Å². The maximum absolute atomic E-state index is 9.51. The normalized spacial score (nSPS) is 11.4. The van der Waals surface area contributed by atoms with Crippen molar-refractivity contribution in [3.8, 4) is 5.75 Å². The molecule has 2 nitrogen and oxygen atoms in total. The first-order valence-electron chi connectivity index (χ1n) is 11.1. The zero-order valence-corrected chi connectivity index (χ0v) is 18.0. The molecule has 0 spiro atoms. The highest BCUT2D eigenvalue weighted by Gasteiger charge is 2.05. The highest BCUT2D eigenvalue weighted by Crippen LogP contribution is 2.29. The van der Waals surface area contributed by atoms with Crippen LogP contribution in [0.2, 0.25) is 0 Å². The van der Waals surface area contributed by atoms with Gasteiger partial charge in [-0.1, -0.05) is 102 Å². The summed E-state index contributed by atoms with van der Waals surface area (Å²) >= 11 is 1.79. The monoisotopic (exact) mass is 390 g/mol. The van der Waals surface area contributed by atoms with Gasteiger partial charge in [-0.2, -0.15) is 0 Å². The van der Waals surface area contributed by atoms with Gasteiger partial charge in [0.05, 0.1) is 0 Å². The van der Waals surface area contributed by atoms with Gasteiger partial charge in [0.1, 0.15) is 11.3 Å². The van der Waals surface area contributed by atoms with Crippen molar-refractivity contribution in [3.05, 3.63) is 24.3 Å². The number of phenolic OH excluding ortho intramolecular Hbond substituents is 1. The van der Waals surface area contributed by atoms with Crippen LogP contribution in [-0.2, 0) is 0 Å². The first kappa shape index (κ1) is 22.2. The smallest absolute Gasteiger partial charge is 0.161 e. The van der Waals surface area contributed by atoms with Crippen LogP contribution >= 0.6 is 11.8 Å². The van der Waals surface area contributed by atoms with E-state index < -0.39 is 0 Å². The Hall–Kier alpha value is -1.09. The van der Waals surface area contributed by atoms with Gasteiger partial charge in [0.25, 0.3) is 0 Å². The molecular formula is C24H38O2S. The molecule has 1 N–H and O–H groups in total. The molecule has 152 valence electrons. The molecule has 1 aromatic heterocycles. The van der Waals surface area contributed by atoms with Gasteiger partial charge in [-0.05, 0) is 30.7 Å². The number of phenols is 1. The van der Waals surface area contributed by atoms with E-state index in [2.05, 4.69) is 6.92 Å². The SMILES string of the molecule is CCCCCCCCCCCCCCCCSc1cc2cc(O)ccc2o1. The lowest BCUT2D eigenvalue weighted by Crippen LogP contribution is -1.84. The standard InChI is InChI=1S/C24H38O2S/c1-2-3-4-5-6-7-8-9-10-11-12-13-14-15-18-27-24-20-21-19-22(25)16-17-23(21)26-24/h16-17,19-20,25H,2-15,18H2,1H3. The van der Waals surface area contributed by atoms with Crippen LogP contribution in [0.5, 0.6) is 5.75 Å². The Morgan fingerprint density at radius 2 is 1.30 bits per heavy atom. The predicted molar refractivity (Wildman–Crippen MR) is 119 cm³/mol. The van der Waals surface area contributed by atoms with Gasteiger partial charge in [-0.3, -0.25) is 0 Å². The molecule has 0 aliphatic carbocycles. The Bertz CT molecular complexity index is 620. The summed E-state index contributed by atoms with van der Waals surface area (Å²) in [4.78, 5) is 0. The Morgan fingerprint density at radius 1 is 0.741 bits per heavy atom. The number of benzene rings is 1. The summed E-state index contributed by atoms with van der Waals surface area (Å²) in [5.74, 6) is 1.41. The van der Waals surface area contributed by atoms with Crippen LogP contribution in [0, 0.1) is 0 Å². The predicted octanol–water partition coefficient (Wildman–Crippen LogP) is 8.71. The topological polar surface area (TPSA) is 33.4 Å². The lowest BCUT2D eigenvalue weighted by atomic mass is 10.0. The second-order valence-electron chi connectivity index (χ2n) is 7.73. The molecule has 0 bridgehead atoms. The van der Waals surface area contributed by atoms with Crippen molar-refractivity contribution in [2.45, 2.75) is 102 Å². The van der Waals surface area contributed by atoms with Crippen molar-refractivity contribution in [3.63, 3.8) is 0 Å². The molecule has 27 heavy (non-hydrogen) atoms. The molecule has 0 radical (unpaired) electrons. The van der Waals surface area contributed by atoms with Crippen LogP contribution in [0.3, 0.4) is 0 Å². The van der Waals surface area contributed by atoms with E-state index in [0.717, 1.165) is 21.8 Å². The highest BCUT2D eigenvalue weighted by atomic mass is 32.2. The average molecular weight is 391 g/mol. The molecule has 2 rings (SSSR count). The molecule has 1 aromatic carbocycles. The minimum absolute atomic E-state index is 0.298. The quantitative estimate of drug-likeness (QED) is 0.230. The zero-order chi connectivity index (χ0) is 19.2. The number of aromatic hydroxyl groups is 1. The summed E-state index contributed by atoms with van der Waals surface area (Å²) in [6.45, 7) is 2.28. The van der Waals surface area contributed by atoms with E-state index in [1.165, 1.54) is 89.9 Å². The third-order valence-electron chi connectivity index (χ3n) is 5.22. The molecule has 0 saturated heterocycles. The summed E-state index contributed by atoms with van der Waals surface area (Å²) in [5.41, 5.74) is 0.858. The van der Waals surface area contributed by atoms with Crippen molar-refractivity contribution in [2.24, 2.45) is 0 Å². The van der Waals surface area contributed by atoms with Crippen molar-refractivity contribution in [1.82, 2.24) is 0 Å². The van der Waals surface area contributed by atoms with E-state index in [-0.39, 0.29) is 0 Å².